The highest BCUT2D eigenvalue weighted by atomic mass is 35.5. The van der Waals surface area contributed by atoms with Crippen LogP contribution in [0.3, 0.4) is 0 Å². The molecule has 4 nitrogen and oxygen atoms in total. The highest BCUT2D eigenvalue weighted by Gasteiger charge is 2.19. The van der Waals surface area contributed by atoms with Crippen LogP contribution in [0, 0.1) is 0 Å². The van der Waals surface area contributed by atoms with Gasteiger partial charge in [0.15, 0.2) is 0 Å². The number of ether oxygens (including phenoxy) is 1. The molecule has 2 aromatic rings. The van der Waals surface area contributed by atoms with Gasteiger partial charge < -0.3 is 14.7 Å². The zero-order chi connectivity index (χ0) is 17.6. The first-order chi connectivity index (χ1) is 12.1. The fraction of sp³-hybridized carbons (Fsp3) is 0.368. The van der Waals surface area contributed by atoms with E-state index in [4.69, 9.17) is 27.9 Å². The molecular weight excluding hydrogens is 359 g/mol. The van der Waals surface area contributed by atoms with Gasteiger partial charge in [-0.2, -0.15) is 0 Å². The molecule has 6 heteroatoms. The molecule has 0 spiro atoms. The number of anilines is 1. The second-order valence-corrected chi connectivity index (χ2v) is 7.01. The molecule has 1 N–H and O–H groups in total. The SMILES string of the molecule is OC(COc1ccc(Cl)cc1Cl)CN1CCN(c2ccccc2)CC1. The minimum Gasteiger partial charge on any atom is -0.489 e. The van der Waals surface area contributed by atoms with E-state index in [1.54, 1.807) is 18.2 Å². The fourth-order valence-corrected chi connectivity index (χ4v) is 3.42. The van der Waals surface area contributed by atoms with Crippen LogP contribution in [0.5, 0.6) is 5.75 Å². The topological polar surface area (TPSA) is 35.9 Å². The van der Waals surface area contributed by atoms with Gasteiger partial charge in [-0.3, -0.25) is 4.90 Å². The van der Waals surface area contributed by atoms with Crippen molar-refractivity contribution in [3.8, 4) is 5.75 Å². The molecule has 25 heavy (non-hydrogen) atoms. The van der Waals surface area contributed by atoms with Crippen LogP contribution in [0.25, 0.3) is 0 Å². The molecule has 1 unspecified atom stereocenters. The minimum atomic E-state index is -0.560. The van der Waals surface area contributed by atoms with E-state index in [1.807, 2.05) is 6.07 Å². The number of hydrogen-bond acceptors (Lipinski definition) is 4. The number of aliphatic hydroxyl groups excluding tert-OH is 1. The van der Waals surface area contributed by atoms with Gasteiger partial charge in [0.25, 0.3) is 0 Å². The van der Waals surface area contributed by atoms with Gasteiger partial charge in [0.05, 0.1) is 5.02 Å². The molecule has 1 aliphatic heterocycles. The average molecular weight is 381 g/mol. The minimum absolute atomic E-state index is 0.209. The smallest absolute Gasteiger partial charge is 0.138 e. The number of aliphatic hydroxyl groups is 1. The van der Waals surface area contributed by atoms with E-state index < -0.39 is 6.10 Å². The lowest BCUT2D eigenvalue weighted by atomic mass is 10.2. The van der Waals surface area contributed by atoms with Crippen LogP contribution in [0.2, 0.25) is 10.0 Å². The molecular formula is C19H22Cl2N2O2. The third-order valence-corrected chi connectivity index (χ3v) is 4.82. The van der Waals surface area contributed by atoms with Crippen molar-refractivity contribution in [1.82, 2.24) is 4.90 Å². The predicted octanol–water partition coefficient (Wildman–Crippen LogP) is 3.56. The van der Waals surface area contributed by atoms with E-state index in [0.29, 0.717) is 22.3 Å². The van der Waals surface area contributed by atoms with Gasteiger partial charge in [-0.25, -0.2) is 0 Å². The van der Waals surface area contributed by atoms with E-state index in [0.717, 1.165) is 26.2 Å². The van der Waals surface area contributed by atoms with Crippen LogP contribution in [0.15, 0.2) is 48.5 Å². The lowest BCUT2D eigenvalue weighted by Gasteiger charge is -2.36. The molecule has 1 atom stereocenters. The zero-order valence-corrected chi connectivity index (χ0v) is 15.5. The Morgan fingerprint density at radius 2 is 1.72 bits per heavy atom. The third kappa shape index (κ3) is 5.25. The third-order valence-electron chi connectivity index (χ3n) is 4.29. The molecule has 0 amide bonds. The van der Waals surface area contributed by atoms with Gasteiger partial charge in [-0.05, 0) is 30.3 Å². The van der Waals surface area contributed by atoms with E-state index in [1.165, 1.54) is 5.69 Å². The summed E-state index contributed by atoms with van der Waals surface area (Å²) >= 11 is 11.9. The summed E-state index contributed by atoms with van der Waals surface area (Å²) in [5.74, 6) is 0.541. The molecule has 0 aliphatic carbocycles. The summed E-state index contributed by atoms with van der Waals surface area (Å²) in [6, 6.07) is 15.5. The molecule has 2 aromatic carbocycles. The molecule has 0 radical (unpaired) electrons. The number of hydrogen-bond donors (Lipinski definition) is 1. The van der Waals surface area contributed by atoms with Crippen molar-refractivity contribution in [2.24, 2.45) is 0 Å². The quantitative estimate of drug-likeness (QED) is 0.830. The van der Waals surface area contributed by atoms with E-state index >= 15 is 0 Å². The molecule has 1 saturated heterocycles. The van der Waals surface area contributed by atoms with Crippen molar-refractivity contribution in [3.05, 3.63) is 58.6 Å². The molecule has 0 aromatic heterocycles. The summed E-state index contributed by atoms with van der Waals surface area (Å²) < 4.78 is 5.61. The maximum absolute atomic E-state index is 10.2. The number of β-amino-alcohol motifs (C(OH)–C–C–N with tert-alkyl or cyclic N) is 1. The summed E-state index contributed by atoms with van der Waals surface area (Å²) in [7, 11) is 0. The van der Waals surface area contributed by atoms with E-state index in [9.17, 15) is 5.11 Å². The molecule has 0 saturated carbocycles. The van der Waals surface area contributed by atoms with Crippen molar-refractivity contribution in [3.63, 3.8) is 0 Å². The largest absolute Gasteiger partial charge is 0.489 e. The van der Waals surface area contributed by atoms with Gasteiger partial charge in [0.2, 0.25) is 0 Å². The zero-order valence-electron chi connectivity index (χ0n) is 13.9. The normalized spacial score (nSPS) is 16.7. The number of halogens is 2. The maximum Gasteiger partial charge on any atom is 0.138 e. The number of benzene rings is 2. The summed E-state index contributed by atoms with van der Waals surface area (Å²) in [5, 5.41) is 11.3. The van der Waals surface area contributed by atoms with Crippen LogP contribution in [-0.2, 0) is 0 Å². The molecule has 3 rings (SSSR count). The van der Waals surface area contributed by atoms with Crippen molar-refractivity contribution >= 4 is 28.9 Å². The Hall–Kier alpha value is -1.46. The van der Waals surface area contributed by atoms with Gasteiger partial charge in [0.1, 0.15) is 18.5 Å². The molecule has 1 fully saturated rings. The number of nitrogens with zero attached hydrogens (tertiary/aromatic N) is 2. The van der Waals surface area contributed by atoms with Crippen molar-refractivity contribution < 1.29 is 9.84 Å². The van der Waals surface area contributed by atoms with Gasteiger partial charge >= 0.3 is 0 Å². The van der Waals surface area contributed by atoms with Crippen LogP contribution < -0.4 is 9.64 Å². The summed E-state index contributed by atoms with van der Waals surface area (Å²) in [6.07, 6.45) is -0.560. The summed E-state index contributed by atoms with van der Waals surface area (Å²) in [4.78, 5) is 4.63. The van der Waals surface area contributed by atoms with Crippen LogP contribution in [0.1, 0.15) is 0 Å². The lowest BCUT2D eigenvalue weighted by molar-refractivity contribution is 0.0663. The fourth-order valence-electron chi connectivity index (χ4n) is 2.96. The van der Waals surface area contributed by atoms with Gasteiger partial charge in [-0.15, -0.1) is 0 Å². The lowest BCUT2D eigenvalue weighted by Crippen LogP contribution is -2.49. The van der Waals surface area contributed by atoms with Gasteiger partial charge in [-0.1, -0.05) is 41.4 Å². The average Bonchev–Trinajstić information content (AvgIpc) is 2.62. The van der Waals surface area contributed by atoms with Crippen molar-refractivity contribution in [1.29, 1.82) is 0 Å². The predicted molar refractivity (Wildman–Crippen MR) is 103 cm³/mol. The Kier molecular flexibility index (Phi) is 6.43. The van der Waals surface area contributed by atoms with Crippen LogP contribution >= 0.6 is 23.2 Å². The van der Waals surface area contributed by atoms with E-state index in [2.05, 4.69) is 34.1 Å². The molecule has 134 valence electrons. The maximum atomic E-state index is 10.2. The first-order valence-electron chi connectivity index (χ1n) is 8.40. The standard InChI is InChI=1S/C19H22Cl2N2O2/c20-15-6-7-19(18(21)12-15)25-14-17(24)13-22-8-10-23(11-9-22)16-4-2-1-3-5-16/h1-7,12,17,24H,8-11,13-14H2. The second-order valence-electron chi connectivity index (χ2n) is 6.16. The summed E-state index contributed by atoms with van der Waals surface area (Å²) in [5.41, 5.74) is 1.25. The molecule has 0 bridgehead atoms. The van der Waals surface area contributed by atoms with E-state index in [-0.39, 0.29) is 6.61 Å². The molecule has 1 aliphatic rings. The highest BCUT2D eigenvalue weighted by Crippen LogP contribution is 2.27. The Morgan fingerprint density at radius 1 is 1.00 bits per heavy atom. The molecule has 1 heterocycles. The Labute approximate surface area is 158 Å². The Balaban J connectivity index is 1.42. The second kappa shape index (κ2) is 8.77. The number of piperazine rings is 1. The monoisotopic (exact) mass is 380 g/mol. The van der Waals surface area contributed by atoms with Crippen LogP contribution in [-0.4, -0.2) is 55.4 Å². The van der Waals surface area contributed by atoms with Crippen LogP contribution in [0.4, 0.5) is 5.69 Å². The summed E-state index contributed by atoms with van der Waals surface area (Å²) in [6.45, 7) is 4.57. The number of rotatable bonds is 6. The Bertz CT molecular complexity index is 676. The van der Waals surface area contributed by atoms with Crippen molar-refractivity contribution in [2.75, 3.05) is 44.2 Å². The highest BCUT2D eigenvalue weighted by molar-refractivity contribution is 6.35. The Morgan fingerprint density at radius 3 is 2.40 bits per heavy atom. The number of para-hydroxylation sites is 1. The van der Waals surface area contributed by atoms with Gasteiger partial charge in [0, 0.05) is 43.4 Å². The van der Waals surface area contributed by atoms with Crippen molar-refractivity contribution in [2.45, 2.75) is 6.10 Å². The first kappa shape index (κ1) is 18.3. The first-order valence-corrected chi connectivity index (χ1v) is 9.15.